The largest absolute Gasteiger partial charge is 0.462 e. The molecule has 0 aromatic carbocycles. The van der Waals surface area contributed by atoms with E-state index in [2.05, 4.69) is 56.6 Å². The summed E-state index contributed by atoms with van der Waals surface area (Å²) in [5.41, 5.74) is -4.16. The monoisotopic (exact) mass is 1030 g/mol. The molecule has 0 aliphatic rings. The first kappa shape index (κ1) is 64.2. The van der Waals surface area contributed by atoms with Crippen LogP contribution < -0.4 is 0 Å². The van der Waals surface area contributed by atoms with Crippen LogP contribution >= 0.6 is 0 Å². The van der Waals surface area contributed by atoms with Crippen LogP contribution in [-0.4, -0.2) is 212 Å². The Kier molecular flexibility index (Phi) is 33.0. The SMILES string of the molecule is C=CC(=O)OCC(=O)OCC(COCC(COC(=O)COC(=O)C=C)(COC(=O)COC(=O)C=C)COC(=O)COC(=O)CCN(CCO)CCO)(COC(=O)COC(=O)C=C)COC(=O)COC(=O)C=C. The van der Waals surface area contributed by atoms with Crippen molar-refractivity contribution in [3.8, 4) is 0 Å². The van der Waals surface area contributed by atoms with Crippen LogP contribution in [0.5, 0.6) is 0 Å². The summed E-state index contributed by atoms with van der Waals surface area (Å²) in [5, 5.41) is 18.4. The zero-order chi connectivity index (χ0) is 54.4. The molecule has 0 aliphatic heterocycles. The first-order chi connectivity index (χ1) is 34.2. The average molecular weight is 1030 g/mol. The number of aliphatic hydroxyl groups excluding tert-OH is 2. The predicted molar refractivity (Wildman–Crippen MR) is 233 cm³/mol. The van der Waals surface area contributed by atoms with E-state index in [1.165, 1.54) is 4.90 Å². The van der Waals surface area contributed by atoms with Crippen LogP contribution in [-0.2, 0) is 119 Å². The Bertz CT molecular complexity index is 1780. The Morgan fingerprint density at radius 2 is 0.569 bits per heavy atom. The summed E-state index contributed by atoms with van der Waals surface area (Å²) in [4.78, 5) is 149. The van der Waals surface area contributed by atoms with Gasteiger partial charge in [-0.05, 0) is 0 Å². The highest BCUT2D eigenvalue weighted by molar-refractivity contribution is 5.86. The van der Waals surface area contributed by atoms with Crippen molar-refractivity contribution in [3.63, 3.8) is 0 Å². The molecule has 400 valence electrons. The number of carbonyl (C=O) groups is 12. The summed E-state index contributed by atoms with van der Waals surface area (Å²) < 4.78 is 65.9. The topological polar surface area (TPSA) is 369 Å². The summed E-state index contributed by atoms with van der Waals surface area (Å²) in [6.45, 7) is 2.04. The Morgan fingerprint density at radius 3 is 0.792 bits per heavy atom. The smallest absolute Gasteiger partial charge is 0.344 e. The van der Waals surface area contributed by atoms with Crippen molar-refractivity contribution >= 4 is 71.6 Å². The minimum atomic E-state index is -2.09. The van der Waals surface area contributed by atoms with Gasteiger partial charge in [-0.1, -0.05) is 32.9 Å². The fourth-order valence-corrected chi connectivity index (χ4v) is 4.66. The molecule has 0 fully saturated rings. The summed E-state index contributed by atoms with van der Waals surface area (Å²) >= 11 is 0. The van der Waals surface area contributed by atoms with Crippen molar-refractivity contribution in [2.45, 2.75) is 6.42 Å². The predicted octanol–water partition coefficient (Wildman–Crippen LogP) is -2.90. The maximum Gasteiger partial charge on any atom is 0.344 e. The Labute approximate surface area is 411 Å². The third kappa shape index (κ3) is 30.6. The molecule has 0 amide bonds. The van der Waals surface area contributed by atoms with Gasteiger partial charge in [0, 0.05) is 50.0 Å². The molecular weight excluding hydrogens is 974 g/mol. The van der Waals surface area contributed by atoms with E-state index in [4.69, 9.17) is 37.9 Å². The number of hydrogen-bond acceptors (Lipinski definition) is 28. The average Bonchev–Trinajstić information content (AvgIpc) is 3.38. The van der Waals surface area contributed by atoms with Gasteiger partial charge in [0.05, 0.1) is 43.7 Å². The number of aliphatic hydroxyl groups is 2. The maximum atomic E-state index is 13.0. The van der Waals surface area contributed by atoms with Gasteiger partial charge in [0.15, 0.2) is 39.6 Å². The van der Waals surface area contributed by atoms with E-state index in [1.54, 1.807) is 0 Å². The van der Waals surface area contributed by atoms with Crippen LogP contribution in [0.1, 0.15) is 6.42 Å². The van der Waals surface area contributed by atoms with Crippen molar-refractivity contribution < 1.29 is 129 Å². The standard InChI is InChI=1S/C44H57NO27/c1-6-31(48)61-17-37(54)67-25-43(26-68-38(55)18-62-32(49)7-2,27-69-39(56)19-63-33(50)8-3)23-60-24-44(28-70-40(57)20-64-34(51)9-4,29-71-41(58)21-65-35(52)10-5)30-72-42(59)22-66-36(53)11-12-45(13-15-46)14-16-47/h6-10,46-47H,1-5,11-30H2. The van der Waals surface area contributed by atoms with E-state index in [0.717, 1.165) is 30.4 Å². The number of nitrogens with zero attached hydrogens (tertiary/aromatic N) is 1. The summed E-state index contributed by atoms with van der Waals surface area (Å²) in [6, 6.07) is 0. The number of hydrogen-bond donors (Lipinski definition) is 2. The molecule has 72 heavy (non-hydrogen) atoms. The molecule has 0 aromatic heterocycles. The molecule has 0 bridgehead atoms. The third-order valence-electron chi connectivity index (χ3n) is 8.36. The molecule has 0 saturated heterocycles. The maximum absolute atomic E-state index is 13.0. The lowest BCUT2D eigenvalue weighted by molar-refractivity contribution is -0.183. The minimum absolute atomic E-state index is 0.0176. The second kappa shape index (κ2) is 37.1. The lowest BCUT2D eigenvalue weighted by Crippen LogP contribution is -2.48. The molecule has 0 rings (SSSR count). The Hall–Kier alpha value is -7.82. The van der Waals surface area contributed by atoms with Gasteiger partial charge in [0.1, 0.15) is 39.6 Å². The molecule has 0 aliphatic carbocycles. The van der Waals surface area contributed by atoms with Gasteiger partial charge in [-0.25, -0.2) is 52.7 Å². The van der Waals surface area contributed by atoms with Crippen LogP contribution in [0.2, 0.25) is 0 Å². The van der Waals surface area contributed by atoms with Gasteiger partial charge in [-0.2, -0.15) is 0 Å². The highest BCUT2D eigenvalue weighted by Crippen LogP contribution is 2.26. The Balaban J connectivity index is 7.21. The van der Waals surface area contributed by atoms with Crippen LogP contribution in [0.3, 0.4) is 0 Å². The number of carbonyl (C=O) groups excluding carboxylic acids is 12. The van der Waals surface area contributed by atoms with Gasteiger partial charge in [0.25, 0.3) is 0 Å². The Morgan fingerprint density at radius 1 is 0.333 bits per heavy atom. The molecule has 0 atom stereocenters. The molecule has 28 nitrogen and oxygen atoms in total. The van der Waals surface area contributed by atoms with E-state index in [1.807, 2.05) is 0 Å². The quantitative estimate of drug-likeness (QED) is 0.0353. The van der Waals surface area contributed by atoms with Gasteiger partial charge < -0.3 is 71.8 Å². The summed E-state index contributed by atoms with van der Waals surface area (Å²) in [5.74, 6) is -13.6. The normalized spacial score (nSPS) is 10.7. The van der Waals surface area contributed by atoms with Crippen LogP contribution in [0.25, 0.3) is 0 Å². The van der Waals surface area contributed by atoms with E-state index in [0.29, 0.717) is 0 Å². The molecule has 0 unspecified atom stereocenters. The van der Waals surface area contributed by atoms with Crippen molar-refractivity contribution in [1.29, 1.82) is 0 Å². The summed E-state index contributed by atoms with van der Waals surface area (Å²) in [7, 11) is 0. The minimum Gasteiger partial charge on any atom is -0.462 e. The number of rotatable bonds is 40. The fraction of sp³-hybridized carbons (Fsp3) is 0.500. The summed E-state index contributed by atoms with van der Waals surface area (Å²) in [6.07, 6.45) is 3.34. The second-order valence-corrected chi connectivity index (χ2v) is 14.2. The van der Waals surface area contributed by atoms with Crippen molar-refractivity contribution in [3.05, 3.63) is 63.3 Å². The van der Waals surface area contributed by atoms with Crippen molar-refractivity contribution in [1.82, 2.24) is 4.90 Å². The van der Waals surface area contributed by atoms with Crippen molar-refractivity contribution in [2.24, 2.45) is 10.8 Å². The first-order valence-corrected chi connectivity index (χ1v) is 20.8. The zero-order valence-corrected chi connectivity index (χ0v) is 39.1. The molecule has 0 saturated carbocycles. The van der Waals surface area contributed by atoms with Crippen molar-refractivity contribution in [2.75, 3.05) is 125 Å². The van der Waals surface area contributed by atoms with E-state index in [-0.39, 0.29) is 39.3 Å². The van der Waals surface area contributed by atoms with Crippen LogP contribution in [0, 0.1) is 10.8 Å². The van der Waals surface area contributed by atoms with Crippen LogP contribution in [0.4, 0.5) is 0 Å². The lowest BCUT2D eigenvalue weighted by Gasteiger charge is -2.35. The lowest BCUT2D eigenvalue weighted by atomic mass is 9.90. The third-order valence-corrected chi connectivity index (χ3v) is 8.36. The molecule has 0 spiro atoms. The zero-order valence-electron chi connectivity index (χ0n) is 39.1. The second-order valence-electron chi connectivity index (χ2n) is 14.2. The molecule has 28 heteroatoms. The van der Waals surface area contributed by atoms with Gasteiger partial charge in [-0.15, -0.1) is 0 Å². The molecular formula is C44H57NO27. The van der Waals surface area contributed by atoms with Gasteiger partial charge in [0.2, 0.25) is 0 Å². The fourth-order valence-electron chi connectivity index (χ4n) is 4.66. The van der Waals surface area contributed by atoms with E-state index < -0.39 is 175 Å². The van der Waals surface area contributed by atoms with E-state index >= 15 is 0 Å². The highest BCUT2D eigenvalue weighted by atomic mass is 16.6. The number of esters is 12. The van der Waals surface area contributed by atoms with Gasteiger partial charge in [-0.3, -0.25) is 9.69 Å². The number of ether oxygens (including phenoxy) is 13. The highest BCUT2D eigenvalue weighted by Gasteiger charge is 2.41. The molecule has 2 N–H and O–H groups in total. The van der Waals surface area contributed by atoms with Crippen LogP contribution in [0.15, 0.2) is 63.3 Å². The first-order valence-electron chi connectivity index (χ1n) is 20.8. The molecule has 0 aromatic rings. The molecule has 0 heterocycles. The molecule has 0 radical (unpaired) electrons. The van der Waals surface area contributed by atoms with Gasteiger partial charge >= 0.3 is 71.6 Å². The van der Waals surface area contributed by atoms with E-state index in [9.17, 15) is 67.7 Å².